The van der Waals surface area contributed by atoms with Crippen molar-refractivity contribution in [3.63, 3.8) is 0 Å². The monoisotopic (exact) mass is 266 g/mol. The minimum absolute atomic E-state index is 0.629. The summed E-state index contributed by atoms with van der Waals surface area (Å²) in [6.07, 6.45) is 0.891. The van der Waals surface area contributed by atoms with E-state index < -0.39 is 0 Å². The van der Waals surface area contributed by atoms with Crippen LogP contribution in [0.3, 0.4) is 0 Å². The smallest absolute Gasteiger partial charge is 0.163 e. The maximum Gasteiger partial charge on any atom is 0.163 e. The van der Waals surface area contributed by atoms with Crippen LogP contribution in [0.4, 0.5) is 11.4 Å². The lowest BCUT2D eigenvalue weighted by Crippen LogP contribution is -1.97. The Morgan fingerprint density at radius 1 is 0.950 bits per heavy atom. The number of rotatable bonds is 2. The first-order chi connectivity index (χ1) is 9.85. The summed E-state index contributed by atoms with van der Waals surface area (Å²) in [4.78, 5) is 0. The molecular formula is C16H14N2O2. The summed E-state index contributed by atoms with van der Waals surface area (Å²) >= 11 is 0. The van der Waals surface area contributed by atoms with Gasteiger partial charge in [0.2, 0.25) is 0 Å². The molecule has 4 nitrogen and oxygen atoms in total. The summed E-state index contributed by atoms with van der Waals surface area (Å²) in [6.45, 7) is 1.35. The van der Waals surface area contributed by atoms with Crippen LogP contribution >= 0.6 is 0 Å². The van der Waals surface area contributed by atoms with Crippen LogP contribution in [0.25, 0.3) is 0 Å². The van der Waals surface area contributed by atoms with Crippen molar-refractivity contribution in [2.75, 3.05) is 18.5 Å². The van der Waals surface area contributed by atoms with Crippen molar-refractivity contribution in [3.8, 4) is 17.6 Å². The van der Waals surface area contributed by atoms with Crippen LogP contribution in [0.2, 0.25) is 0 Å². The van der Waals surface area contributed by atoms with Crippen LogP contribution in [0.5, 0.6) is 11.5 Å². The maximum absolute atomic E-state index is 8.90. The zero-order chi connectivity index (χ0) is 13.8. The second-order valence-corrected chi connectivity index (χ2v) is 4.53. The first-order valence-corrected chi connectivity index (χ1v) is 6.52. The van der Waals surface area contributed by atoms with E-state index in [1.54, 1.807) is 6.07 Å². The van der Waals surface area contributed by atoms with Gasteiger partial charge in [0.15, 0.2) is 11.5 Å². The van der Waals surface area contributed by atoms with Crippen molar-refractivity contribution in [2.45, 2.75) is 6.42 Å². The molecule has 1 aliphatic heterocycles. The largest absolute Gasteiger partial charge is 0.490 e. The van der Waals surface area contributed by atoms with Crippen LogP contribution < -0.4 is 14.8 Å². The second-order valence-electron chi connectivity index (χ2n) is 4.53. The third-order valence-corrected chi connectivity index (χ3v) is 3.03. The normalized spacial score (nSPS) is 13.2. The molecule has 2 aromatic carbocycles. The van der Waals surface area contributed by atoms with Gasteiger partial charge < -0.3 is 14.8 Å². The molecule has 0 saturated carbocycles. The highest BCUT2D eigenvalue weighted by atomic mass is 16.5. The van der Waals surface area contributed by atoms with Crippen LogP contribution in [-0.2, 0) is 0 Å². The molecule has 1 N–H and O–H groups in total. The van der Waals surface area contributed by atoms with E-state index in [1.807, 2.05) is 36.4 Å². The molecule has 0 spiro atoms. The fourth-order valence-electron chi connectivity index (χ4n) is 2.07. The summed E-state index contributed by atoms with van der Waals surface area (Å²) in [5.74, 6) is 1.53. The van der Waals surface area contributed by atoms with E-state index in [-0.39, 0.29) is 0 Å². The quantitative estimate of drug-likeness (QED) is 0.904. The predicted molar refractivity (Wildman–Crippen MR) is 76.5 cm³/mol. The Balaban J connectivity index is 1.84. The third-order valence-electron chi connectivity index (χ3n) is 3.03. The molecule has 3 rings (SSSR count). The number of nitriles is 1. The lowest BCUT2D eigenvalue weighted by atomic mass is 10.2. The van der Waals surface area contributed by atoms with E-state index in [4.69, 9.17) is 14.7 Å². The molecule has 0 unspecified atom stereocenters. The molecule has 1 heterocycles. The molecule has 0 bridgehead atoms. The van der Waals surface area contributed by atoms with Gasteiger partial charge in [-0.1, -0.05) is 6.07 Å². The number of ether oxygens (including phenoxy) is 2. The van der Waals surface area contributed by atoms with E-state index >= 15 is 0 Å². The molecule has 0 fully saturated rings. The summed E-state index contributed by atoms with van der Waals surface area (Å²) in [5, 5.41) is 12.2. The molecule has 0 aliphatic carbocycles. The van der Waals surface area contributed by atoms with Crippen LogP contribution in [0, 0.1) is 11.3 Å². The highest BCUT2D eigenvalue weighted by Gasteiger charge is 2.10. The number of fused-ring (bicyclic) bond motifs is 1. The summed E-state index contributed by atoms with van der Waals surface area (Å²) in [6, 6.07) is 15.2. The van der Waals surface area contributed by atoms with Crippen LogP contribution in [0.15, 0.2) is 42.5 Å². The maximum atomic E-state index is 8.90. The molecule has 20 heavy (non-hydrogen) atoms. The predicted octanol–water partition coefficient (Wildman–Crippen LogP) is 3.46. The van der Waals surface area contributed by atoms with Crippen molar-refractivity contribution in [3.05, 3.63) is 48.0 Å². The van der Waals surface area contributed by atoms with Gasteiger partial charge in [-0.25, -0.2) is 0 Å². The Morgan fingerprint density at radius 3 is 2.60 bits per heavy atom. The molecular weight excluding hydrogens is 252 g/mol. The Kier molecular flexibility index (Phi) is 3.42. The van der Waals surface area contributed by atoms with E-state index in [1.165, 1.54) is 0 Å². The minimum Gasteiger partial charge on any atom is -0.490 e. The van der Waals surface area contributed by atoms with E-state index in [0.717, 1.165) is 29.3 Å². The van der Waals surface area contributed by atoms with Gasteiger partial charge in [-0.15, -0.1) is 0 Å². The van der Waals surface area contributed by atoms with Crippen LogP contribution in [-0.4, -0.2) is 13.2 Å². The van der Waals surface area contributed by atoms with Crippen molar-refractivity contribution in [1.29, 1.82) is 5.26 Å². The van der Waals surface area contributed by atoms with Gasteiger partial charge in [0, 0.05) is 23.9 Å². The molecule has 0 amide bonds. The second kappa shape index (κ2) is 5.54. The van der Waals surface area contributed by atoms with E-state index in [2.05, 4.69) is 11.4 Å². The van der Waals surface area contributed by atoms with Gasteiger partial charge in [-0.3, -0.25) is 0 Å². The van der Waals surface area contributed by atoms with Gasteiger partial charge >= 0.3 is 0 Å². The number of nitrogens with one attached hydrogen (secondary N) is 1. The standard InChI is InChI=1S/C16H14N2O2/c17-11-12-3-1-4-13(9-12)18-14-5-6-15-16(10-14)20-8-2-7-19-15/h1,3-6,9-10,18H,2,7-8H2. The fourth-order valence-corrected chi connectivity index (χ4v) is 2.07. The zero-order valence-corrected chi connectivity index (χ0v) is 10.9. The molecule has 1 aliphatic rings. The third kappa shape index (κ3) is 2.67. The Labute approximate surface area is 117 Å². The highest BCUT2D eigenvalue weighted by Crippen LogP contribution is 2.33. The van der Waals surface area contributed by atoms with Gasteiger partial charge in [0.25, 0.3) is 0 Å². The summed E-state index contributed by atoms with van der Waals surface area (Å²) in [7, 11) is 0. The summed E-state index contributed by atoms with van der Waals surface area (Å²) in [5.41, 5.74) is 2.41. The van der Waals surface area contributed by atoms with Crippen molar-refractivity contribution >= 4 is 11.4 Å². The molecule has 0 radical (unpaired) electrons. The number of hydrogen-bond donors (Lipinski definition) is 1. The Hall–Kier alpha value is -2.67. The molecule has 2 aromatic rings. The van der Waals surface area contributed by atoms with Gasteiger partial charge in [0.05, 0.1) is 24.8 Å². The molecule has 100 valence electrons. The van der Waals surface area contributed by atoms with Gasteiger partial charge in [-0.05, 0) is 30.3 Å². The van der Waals surface area contributed by atoms with Crippen molar-refractivity contribution < 1.29 is 9.47 Å². The zero-order valence-electron chi connectivity index (χ0n) is 10.9. The highest BCUT2D eigenvalue weighted by molar-refractivity contribution is 5.64. The number of anilines is 2. The molecule has 0 aromatic heterocycles. The molecule has 0 saturated heterocycles. The number of hydrogen-bond acceptors (Lipinski definition) is 4. The number of benzene rings is 2. The van der Waals surface area contributed by atoms with E-state index in [0.29, 0.717) is 18.8 Å². The van der Waals surface area contributed by atoms with Gasteiger partial charge in [0.1, 0.15) is 0 Å². The first kappa shape index (κ1) is 12.4. The van der Waals surface area contributed by atoms with Gasteiger partial charge in [-0.2, -0.15) is 5.26 Å². The lowest BCUT2D eigenvalue weighted by Gasteiger charge is -2.11. The van der Waals surface area contributed by atoms with Crippen molar-refractivity contribution in [1.82, 2.24) is 0 Å². The topological polar surface area (TPSA) is 54.3 Å². The van der Waals surface area contributed by atoms with Crippen LogP contribution in [0.1, 0.15) is 12.0 Å². The fraction of sp³-hybridized carbons (Fsp3) is 0.188. The SMILES string of the molecule is N#Cc1cccc(Nc2ccc3c(c2)OCCCO3)c1. The number of nitrogens with zero attached hydrogens (tertiary/aromatic N) is 1. The average molecular weight is 266 g/mol. The minimum atomic E-state index is 0.629. The summed E-state index contributed by atoms with van der Waals surface area (Å²) < 4.78 is 11.2. The lowest BCUT2D eigenvalue weighted by molar-refractivity contribution is 0.297. The Bertz CT molecular complexity index is 662. The van der Waals surface area contributed by atoms with E-state index in [9.17, 15) is 0 Å². The Morgan fingerprint density at radius 2 is 1.75 bits per heavy atom. The van der Waals surface area contributed by atoms with Crippen molar-refractivity contribution in [2.24, 2.45) is 0 Å². The first-order valence-electron chi connectivity index (χ1n) is 6.52. The molecule has 0 atom stereocenters. The average Bonchev–Trinajstić information content (AvgIpc) is 2.72. The molecule has 4 heteroatoms.